The third kappa shape index (κ3) is 3.68. The fraction of sp³-hybridized carbons (Fsp3) is 0.381. The second-order valence-electron chi connectivity index (χ2n) is 7.44. The van der Waals surface area contributed by atoms with E-state index in [1.807, 2.05) is 35.7 Å². The van der Waals surface area contributed by atoms with Crippen LogP contribution in [0.1, 0.15) is 16.1 Å². The molecule has 0 spiro atoms. The van der Waals surface area contributed by atoms with Crippen LogP contribution in [0.5, 0.6) is 5.75 Å². The van der Waals surface area contributed by atoms with E-state index in [1.54, 1.807) is 29.6 Å². The van der Waals surface area contributed by atoms with Crippen LogP contribution < -0.4 is 4.74 Å². The van der Waals surface area contributed by atoms with E-state index in [1.165, 1.54) is 0 Å². The molecule has 29 heavy (non-hydrogen) atoms. The van der Waals surface area contributed by atoms with Crippen molar-refractivity contribution >= 4 is 11.6 Å². The molecule has 2 aliphatic rings. The summed E-state index contributed by atoms with van der Waals surface area (Å²) >= 11 is 0. The van der Waals surface area contributed by atoms with Gasteiger partial charge in [-0.05, 0) is 31.2 Å². The van der Waals surface area contributed by atoms with Gasteiger partial charge in [0, 0.05) is 37.4 Å². The Morgan fingerprint density at radius 1 is 1.10 bits per heavy atom. The van der Waals surface area contributed by atoms with Crippen molar-refractivity contribution in [3.8, 4) is 5.75 Å². The van der Waals surface area contributed by atoms with Gasteiger partial charge in [-0.25, -0.2) is 4.98 Å². The number of carbonyl (C=O) groups is 1. The molecule has 2 fully saturated rings. The van der Waals surface area contributed by atoms with E-state index in [9.17, 15) is 4.79 Å². The summed E-state index contributed by atoms with van der Waals surface area (Å²) in [6.07, 6.45) is 6.55. The van der Waals surface area contributed by atoms with Gasteiger partial charge < -0.3 is 23.5 Å². The van der Waals surface area contributed by atoms with E-state index in [0.717, 1.165) is 11.3 Å². The summed E-state index contributed by atoms with van der Waals surface area (Å²) in [6.45, 7) is 3.77. The minimum atomic E-state index is -0.196. The van der Waals surface area contributed by atoms with E-state index < -0.39 is 0 Å². The standard InChI is InChI=1S/C21H22N4O4/c1-14-2-4-16(8-23-14)29-17-12-27-18-10-25(11-19(18)28-13-17)21(26)15-3-5-20-22-6-7-24(20)9-15/h2-9,17-19H,10-13H2,1H3/t18-,19-/m0/s1. The maximum absolute atomic E-state index is 12.9. The molecule has 3 aromatic rings. The number of rotatable bonds is 3. The summed E-state index contributed by atoms with van der Waals surface area (Å²) in [4.78, 5) is 23.2. The third-order valence-corrected chi connectivity index (χ3v) is 5.32. The zero-order valence-corrected chi connectivity index (χ0v) is 16.1. The van der Waals surface area contributed by atoms with Gasteiger partial charge in [0.1, 0.15) is 29.7 Å². The van der Waals surface area contributed by atoms with E-state index in [4.69, 9.17) is 14.2 Å². The first-order chi connectivity index (χ1) is 14.2. The molecule has 3 aromatic heterocycles. The maximum Gasteiger partial charge on any atom is 0.255 e. The summed E-state index contributed by atoms with van der Waals surface area (Å²) in [6, 6.07) is 7.45. The quantitative estimate of drug-likeness (QED) is 0.673. The molecule has 0 unspecified atom stereocenters. The lowest BCUT2D eigenvalue weighted by molar-refractivity contribution is -0.00461. The van der Waals surface area contributed by atoms with Crippen LogP contribution in [0.4, 0.5) is 0 Å². The van der Waals surface area contributed by atoms with Crippen LogP contribution in [0.3, 0.4) is 0 Å². The van der Waals surface area contributed by atoms with E-state index in [-0.39, 0.29) is 24.2 Å². The number of hydrogen-bond acceptors (Lipinski definition) is 6. The Hall–Kier alpha value is -2.97. The van der Waals surface area contributed by atoms with Gasteiger partial charge in [0.15, 0.2) is 0 Å². The van der Waals surface area contributed by atoms with Gasteiger partial charge in [-0.3, -0.25) is 9.78 Å². The number of aromatic nitrogens is 3. The molecule has 0 radical (unpaired) electrons. The smallest absolute Gasteiger partial charge is 0.255 e. The average Bonchev–Trinajstić information content (AvgIpc) is 3.33. The molecule has 2 saturated heterocycles. The van der Waals surface area contributed by atoms with Crippen LogP contribution in [0.2, 0.25) is 0 Å². The number of amides is 1. The lowest BCUT2D eigenvalue weighted by Crippen LogP contribution is -2.33. The Kier molecular flexibility index (Phi) is 4.65. The molecule has 8 heteroatoms. The van der Waals surface area contributed by atoms with Crippen molar-refractivity contribution in [1.29, 1.82) is 0 Å². The predicted molar refractivity (Wildman–Crippen MR) is 104 cm³/mol. The Morgan fingerprint density at radius 3 is 2.62 bits per heavy atom. The molecule has 0 saturated carbocycles. The third-order valence-electron chi connectivity index (χ3n) is 5.32. The molecule has 0 N–H and O–H groups in total. The monoisotopic (exact) mass is 394 g/mol. The highest BCUT2D eigenvalue weighted by atomic mass is 16.6. The molecular formula is C21H22N4O4. The van der Waals surface area contributed by atoms with Crippen molar-refractivity contribution in [1.82, 2.24) is 19.3 Å². The van der Waals surface area contributed by atoms with Gasteiger partial charge in [0.2, 0.25) is 0 Å². The molecule has 5 heterocycles. The molecule has 5 rings (SSSR count). The predicted octanol–water partition coefficient (Wildman–Crippen LogP) is 1.73. The minimum absolute atomic E-state index is 0.0283. The van der Waals surface area contributed by atoms with E-state index in [2.05, 4.69) is 9.97 Å². The van der Waals surface area contributed by atoms with Gasteiger partial charge in [0.05, 0.1) is 25.0 Å². The number of imidazole rings is 1. The first-order valence-electron chi connectivity index (χ1n) is 9.70. The zero-order valence-electron chi connectivity index (χ0n) is 16.1. The molecule has 0 aromatic carbocycles. The van der Waals surface area contributed by atoms with E-state index >= 15 is 0 Å². The number of carbonyl (C=O) groups excluding carboxylic acids is 1. The molecule has 150 valence electrons. The van der Waals surface area contributed by atoms with Gasteiger partial charge in [-0.1, -0.05) is 0 Å². The highest BCUT2D eigenvalue weighted by Crippen LogP contribution is 2.23. The van der Waals surface area contributed by atoms with Crippen molar-refractivity contribution in [2.24, 2.45) is 0 Å². The minimum Gasteiger partial charge on any atom is -0.484 e. The first kappa shape index (κ1) is 18.1. The summed E-state index contributed by atoms with van der Waals surface area (Å²) < 4.78 is 19.8. The van der Waals surface area contributed by atoms with Crippen molar-refractivity contribution < 1.29 is 19.0 Å². The van der Waals surface area contributed by atoms with Crippen molar-refractivity contribution in [3.05, 3.63) is 60.3 Å². The Bertz CT molecular complexity index is 1000. The Balaban J connectivity index is 1.21. The molecule has 0 aliphatic carbocycles. The highest BCUT2D eigenvalue weighted by molar-refractivity contribution is 5.94. The van der Waals surface area contributed by atoms with Gasteiger partial charge >= 0.3 is 0 Å². The maximum atomic E-state index is 12.9. The van der Waals surface area contributed by atoms with Crippen LogP contribution >= 0.6 is 0 Å². The number of likely N-dealkylation sites (tertiary alicyclic amines) is 1. The average molecular weight is 394 g/mol. The lowest BCUT2D eigenvalue weighted by Gasteiger charge is -2.19. The summed E-state index contributed by atoms with van der Waals surface area (Å²) in [5.41, 5.74) is 2.38. The van der Waals surface area contributed by atoms with Crippen molar-refractivity contribution in [2.75, 3.05) is 26.3 Å². The van der Waals surface area contributed by atoms with Gasteiger partial charge in [-0.2, -0.15) is 0 Å². The Labute approximate surface area is 168 Å². The largest absolute Gasteiger partial charge is 0.484 e. The molecule has 2 atom stereocenters. The summed E-state index contributed by atoms with van der Waals surface area (Å²) in [7, 11) is 0. The lowest BCUT2D eigenvalue weighted by atomic mass is 10.2. The van der Waals surface area contributed by atoms with Gasteiger partial charge in [-0.15, -0.1) is 0 Å². The summed E-state index contributed by atoms with van der Waals surface area (Å²) in [5.74, 6) is 0.672. The number of fused-ring (bicyclic) bond motifs is 2. The Morgan fingerprint density at radius 2 is 1.90 bits per heavy atom. The van der Waals surface area contributed by atoms with Crippen LogP contribution in [0, 0.1) is 6.92 Å². The second-order valence-corrected chi connectivity index (χ2v) is 7.44. The number of pyridine rings is 2. The number of hydrogen-bond donors (Lipinski definition) is 0. The highest BCUT2D eigenvalue weighted by Gasteiger charge is 2.40. The molecule has 0 bridgehead atoms. The molecular weight excluding hydrogens is 372 g/mol. The van der Waals surface area contributed by atoms with Crippen molar-refractivity contribution in [3.63, 3.8) is 0 Å². The normalized spacial score (nSPS) is 22.4. The molecule has 2 aliphatic heterocycles. The second kappa shape index (κ2) is 7.46. The number of aryl methyl sites for hydroxylation is 1. The number of nitrogens with zero attached hydrogens (tertiary/aromatic N) is 4. The van der Waals surface area contributed by atoms with Crippen LogP contribution in [-0.4, -0.2) is 69.8 Å². The molecule has 1 amide bonds. The number of ether oxygens (including phenoxy) is 3. The van der Waals surface area contributed by atoms with Crippen LogP contribution in [0.25, 0.3) is 5.65 Å². The topological polar surface area (TPSA) is 78.2 Å². The molecule has 8 nitrogen and oxygen atoms in total. The fourth-order valence-corrected chi connectivity index (χ4v) is 3.75. The van der Waals surface area contributed by atoms with Crippen LogP contribution in [-0.2, 0) is 9.47 Å². The van der Waals surface area contributed by atoms with Crippen LogP contribution in [0.15, 0.2) is 49.1 Å². The first-order valence-corrected chi connectivity index (χ1v) is 9.70. The zero-order chi connectivity index (χ0) is 19.8. The summed E-state index contributed by atoms with van der Waals surface area (Å²) in [5, 5.41) is 0. The van der Waals surface area contributed by atoms with Gasteiger partial charge in [0.25, 0.3) is 5.91 Å². The SMILES string of the molecule is Cc1ccc(OC2CO[C@H]3CN(C(=O)c4ccc5nccn5c4)C[C@@H]3OC2)cn1. The van der Waals surface area contributed by atoms with E-state index in [0.29, 0.717) is 37.6 Å². The fourth-order valence-electron chi connectivity index (χ4n) is 3.75. The van der Waals surface area contributed by atoms with Crippen molar-refractivity contribution in [2.45, 2.75) is 25.2 Å².